The molecule has 29 heavy (non-hydrogen) atoms. The molecule has 1 aromatic heterocycles. The maximum absolute atomic E-state index is 12.9. The fourth-order valence-electron chi connectivity index (χ4n) is 4.01. The van der Waals surface area contributed by atoms with E-state index in [0.29, 0.717) is 12.5 Å². The number of hydrogen-bond acceptors (Lipinski definition) is 5. The summed E-state index contributed by atoms with van der Waals surface area (Å²) in [5.74, 6) is 2.44. The maximum Gasteiger partial charge on any atom is 0.234 e. The van der Waals surface area contributed by atoms with Gasteiger partial charge in [0.1, 0.15) is 11.6 Å². The summed E-state index contributed by atoms with van der Waals surface area (Å²) >= 11 is 0. The van der Waals surface area contributed by atoms with Gasteiger partial charge in [0.25, 0.3) is 0 Å². The Morgan fingerprint density at radius 1 is 1.34 bits per heavy atom. The molecule has 2 aromatic rings. The second-order valence-corrected chi connectivity index (χ2v) is 7.74. The zero-order chi connectivity index (χ0) is 19.5. The molecule has 0 spiro atoms. The number of ether oxygens (including phenoxy) is 1. The van der Waals surface area contributed by atoms with Crippen LogP contribution in [-0.4, -0.2) is 53.6 Å². The SMILES string of the molecule is COc1ccc(C(NC(=O)CN2CCNCC2c2nccn2C)C2CC2)cc1.Cl. The first kappa shape index (κ1) is 21.6. The van der Waals surface area contributed by atoms with Crippen molar-refractivity contribution in [2.45, 2.75) is 24.9 Å². The third-order valence-corrected chi connectivity index (χ3v) is 5.74. The normalized spacial score (nSPS) is 20.6. The highest BCUT2D eigenvalue weighted by Crippen LogP contribution is 2.41. The van der Waals surface area contributed by atoms with Crippen molar-refractivity contribution in [2.75, 3.05) is 33.3 Å². The Morgan fingerprint density at radius 2 is 2.10 bits per heavy atom. The van der Waals surface area contributed by atoms with Gasteiger partial charge in [0.2, 0.25) is 5.91 Å². The first-order valence-corrected chi connectivity index (χ1v) is 10.0. The van der Waals surface area contributed by atoms with E-state index in [-0.39, 0.29) is 30.4 Å². The summed E-state index contributed by atoms with van der Waals surface area (Å²) in [5, 5.41) is 6.71. The van der Waals surface area contributed by atoms with Gasteiger partial charge in [-0.2, -0.15) is 0 Å². The summed E-state index contributed by atoms with van der Waals surface area (Å²) in [6.45, 7) is 2.92. The van der Waals surface area contributed by atoms with Gasteiger partial charge in [0.05, 0.1) is 25.7 Å². The molecular formula is C21H30ClN5O2. The molecule has 1 saturated heterocycles. The van der Waals surface area contributed by atoms with Crippen molar-refractivity contribution in [3.05, 3.63) is 48.0 Å². The molecule has 158 valence electrons. The third kappa shape index (κ3) is 5.10. The summed E-state index contributed by atoms with van der Waals surface area (Å²) in [7, 11) is 3.67. The van der Waals surface area contributed by atoms with E-state index < -0.39 is 0 Å². The van der Waals surface area contributed by atoms with Crippen molar-refractivity contribution in [1.82, 2.24) is 25.1 Å². The monoisotopic (exact) mass is 419 g/mol. The van der Waals surface area contributed by atoms with Gasteiger partial charge in [-0.25, -0.2) is 4.98 Å². The lowest BCUT2D eigenvalue weighted by Gasteiger charge is -2.35. The van der Waals surface area contributed by atoms with Crippen LogP contribution in [0.5, 0.6) is 5.75 Å². The van der Waals surface area contributed by atoms with Crippen LogP contribution in [0.4, 0.5) is 0 Å². The summed E-state index contributed by atoms with van der Waals surface area (Å²) in [6, 6.07) is 8.23. The van der Waals surface area contributed by atoms with Crippen molar-refractivity contribution in [3.63, 3.8) is 0 Å². The smallest absolute Gasteiger partial charge is 0.234 e. The number of imidazole rings is 1. The van der Waals surface area contributed by atoms with Crippen molar-refractivity contribution in [2.24, 2.45) is 13.0 Å². The number of amides is 1. The molecule has 2 aliphatic rings. The zero-order valence-corrected chi connectivity index (χ0v) is 17.8. The van der Waals surface area contributed by atoms with E-state index in [4.69, 9.17) is 4.74 Å². The van der Waals surface area contributed by atoms with Crippen molar-refractivity contribution in [3.8, 4) is 5.75 Å². The first-order valence-electron chi connectivity index (χ1n) is 10.0. The van der Waals surface area contributed by atoms with Crippen LogP contribution in [0.3, 0.4) is 0 Å². The summed E-state index contributed by atoms with van der Waals surface area (Å²) in [6.07, 6.45) is 6.10. The molecule has 1 aromatic carbocycles. The van der Waals surface area contributed by atoms with Crippen molar-refractivity contribution < 1.29 is 9.53 Å². The minimum atomic E-state index is 0. The standard InChI is InChI=1S/C21H29N5O2.ClH/c1-25-11-10-23-21(25)18-13-22-9-12-26(18)14-19(27)24-20(15-3-4-15)16-5-7-17(28-2)8-6-16;/h5-8,10-11,15,18,20,22H,3-4,9,12-14H2,1-2H3,(H,24,27);1H. The predicted octanol–water partition coefficient (Wildman–Crippen LogP) is 2.06. The molecule has 2 fully saturated rings. The van der Waals surface area contributed by atoms with Gasteiger partial charge in [-0.3, -0.25) is 9.69 Å². The van der Waals surface area contributed by atoms with E-state index in [1.807, 2.05) is 36.1 Å². The van der Waals surface area contributed by atoms with Gasteiger partial charge in [0.15, 0.2) is 0 Å². The second kappa shape index (κ2) is 9.61. The minimum Gasteiger partial charge on any atom is -0.497 e. The molecule has 0 bridgehead atoms. The topological polar surface area (TPSA) is 71.4 Å². The lowest BCUT2D eigenvalue weighted by atomic mass is 10.0. The molecule has 1 aliphatic carbocycles. The number of hydrogen-bond donors (Lipinski definition) is 2. The Morgan fingerprint density at radius 3 is 2.72 bits per heavy atom. The Hall–Kier alpha value is -2.09. The quantitative estimate of drug-likeness (QED) is 0.718. The van der Waals surface area contributed by atoms with Crippen molar-refractivity contribution in [1.29, 1.82) is 0 Å². The van der Waals surface area contributed by atoms with E-state index in [0.717, 1.165) is 36.8 Å². The highest BCUT2D eigenvalue weighted by atomic mass is 35.5. The highest BCUT2D eigenvalue weighted by molar-refractivity contribution is 5.85. The summed E-state index contributed by atoms with van der Waals surface area (Å²) < 4.78 is 7.29. The van der Waals surface area contributed by atoms with Gasteiger partial charge in [-0.1, -0.05) is 12.1 Å². The predicted molar refractivity (Wildman–Crippen MR) is 114 cm³/mol. The number of aromatic nitrogens is 2. The fourth-order valence-corrected chi connectivity index (χ4v) is 4.01. The number of carbonyl (C=O) groups excluding carboxylic acids is 1. The second-order valence-electron chi connectivity index (χ2n) is 7.74. The van der Waals surface area contributed by atoms with E-state index in [1.165, 1.54) is 12.8 Å². The maximum atomic E-state index is 12.9. The molecule has 2 unspecified atom stereocenters. The Kier molecular flexibility index (Phi) is 7.16. The number of carbonyl (C=O) groups is 1. The molecule has 4 rings (SSSR count). The van der Waals surface area contributed by atoms with E-state index in [9.17, 15) is 4.79 Å². The first-order chi connectivity index (χ1) is 13.7. The molecule has 2 heterocycles. The number of nitrogens with one attached hydrogen (secondary N) is 2. The van der Waals surface area contributed by atoms with Gasteiger partial charge in [-0.15, -0.1) is 12.4 Å². The molecule has 1 amide bonds. The Balaban J connectivity index is 0.00000240. The van der Waals surface area contributed by atoms with Gasteiger partial charge < -0.3 is 19.9 Å². The Labute approximate surface area is 178 Å². The number of halogens is 1. The molecule has 2 N–H and O–H groups in total. The number of benzene rings is 1. The van der Waals surface area contributed by atoms with Gasteiger partial charge >= 0.3 is 0 Å². The van der Waals surface area contributed by atoms with Crippen LogP contribution in [0.2, 0.25) is 0 Å². The fraction of sp³-hybridized carbons (Fsp3) is 0.524. The van der Waals surface area contributed by atoms with E-state index in [1.54, 1.807) is 7.11 Å². The van der Waals surface area contributed by atoms with Crippen LogP contribution in [0.15, 0.2) is 36.7 Å². The number of methoxy groups -OCH3 is 1. The van der Waals surface area contributed by atoms with E-state index >= 15 is 0 Å². The number of nitrogens with zero attached hydrogens (tertiary/aromatic N) is 3. The minimum absolute atomic E-state index is 0. The van der Waals surface area contributed by atoms with Crippen LogP contribution in [0.1, 0.15) is 36.3 Å². The largest absolute Gasteiger partial charge is 0.497 e. The molecule has 1 saturated carbocycles. The molecular weight excluding hydrogens is 390 g/mol. The van der Waals surface area contributed by atoms with Gasteiger partial charge in [-0.05, 0) is 36.5 Å². The number of aryl methyl sites for hydroxylation is 1. The zero-order valence-electron chi connectivity index (χ0n) is 17.0. The van der Waals surface area contributed by atoms with Crippen LogP contribution >= 0.6 is 12.4 Å². The highest BCUT2D eigenvalue weighted by Gasteiger charge is 2.34. The summed E-state index contributed by atoms with van der Waals surface area (Å²) in [5.41, 5.74) is 1.15. The molecule has 7 nitrogen and oxygen atoms in total. The van der Waals surface area contributed by atoms with Crippen LogP contribution in [0.25, 0.3) is 0 Å². The lowest BCUT2D eigenvalue weighted by Crippen LogP contribution is -2.50. The van der Waals surface area contributed by atoms with Crippen LogP contribution < -0.4 is 15.4 Å². The van der Waals surface area contributed by atoms with Gasteiger partial charge in [0, 0.05) is 39.1 Å². The summed E-state index contributed by atoms with van der Waals surface area (Å²) in [4.78, 5) is 19.7. The molecule has 8 heteroatoms. The van der Waals surface area contributed by atoms with Crippen LogP contribution in [-0.2, 0) is 11.8 Å². The van der Waals surface area contributed by atoms with Crippen molar-refractivity contribution >= 4 is 18.3 Å². The average Bonchev–Trinajstić information content (AvgIpc) is 3.47. The number of rotatable bonds is 7. The van der Waals surface area contributed by atoms with E-state index in [2.05, 4.69) is 32.7 Å². The molecule has 0 radical (unpaired) electrons. The third-order valence-electron chi connectivity index (χ3n) is 5.74. The van der Waals surface area contributed by atoms with Crippen LogP contribution in [0, 0.1) is 5.92 Å². The molecule has 2 atom stereocenters. The molecule has 1 aliphatic heterocycles. The average molecular weight is 420 g/mol. The Bertz CT molecular complexity index is 806. The number of piperazine rings is 1. The lowest BCUT2D eigenvalue weighted by molar-refractivity contribution is -0.124.